The minimum absolute atomic E-state index is 0.304. The van der Waals surface area contributed by atoms with Crippen molar-refractivity contribution in [2.45, 2.75) is 104 Å². The van der Waals surface area contributed by atoms with E-state index < -0.39 is 0 Å². The number of carbonyl (C=O) groups excluding carboxylic acids is 1. The summed E-state index contributed by atoms with van der Waals surface area (Å²) in [6.45, 7) is 4.53. The van der Waals surface area contributed by atoms with Crippen LogP contribution in [0.2, 0.25) is 0 Å². The molecule has 0 fully saturated rings. The molecule has 0 saturated carbocycles. The Morgan fingerprint density at radius 3 is 1.93 bits per heavy atom. The Labute approximate surface area is 184 Å². The van der Waals surface area contributed by atoms with E-state index in [1.54, 1.807) is 0 Å². The normalized spacial score (nSPS) is 15.2. The maximum atomic E-state index is 13.5. The van der Waals surface area contributed by atoms with Crippen LogP contribution in [0.4, 0.5) is 0 Å². The lowest BCUT2D eigenvalue weighted by atomic mass is 9.82. The molecule has 0 saturated heterocycles. The molecule has 0 N–H and O–H groups in total. The molecule has 0 aliphatic heterocycles. The highest BCUT2D eigenvalue weighted by molar-refractivity contribution is 6.26. The molecule has 0 spiro atoms. The van der Waals surface area contributed by atoms with Gasteiger partial charge in [0.05, 0.1) is 0 Å². The summed E-state index contributed by atoms with van der Waals surface area (Å²) in [5, 5.41) is 0. The van der Waals surface area contributed by atoms with Crippen LogP contribution in [0.1, 0.15) is 115 Å². The summed E-state index contributed by atoms with van der Waals surface area (Å²) in [5.41, 5.74) is 6.98. The van der Waals surface area contributed by atoms with Crippen LogP contribution in [0.25, 0.3) is 11.6 Å². The van der Waals surface area contributed by atoms with Crippen molar-refractivity contribution in [2.24, 2.45) is 0 Å². The van der Waals surface area contributed by atoms with Crippen molar-refractivity contribution >= 4 is 17.4 Å². The van der Waals surface area contributed by atoms with Crippen LogP contribution >= 0.6 is 0 Å². The lowest BCUT2D eigenvalue weighted by Gasteiger charge is -2.20. The zero-order valence-corrected chi connectivity index (χ0v) is 19.3. The number of ketones is 1. The average molecular weight is 405 g/mol. The molecule has 30 heavy (non-hydrogen) atoms. The van der Waals surface area contributed by atoms with Gasteiger partial charge >= 0.3 is 0 Å². The highest BCUT2D eigenvalue weighted by Crippen LogP contribution is 2.42. The number of carbonyl (C=O) groups is 1. The van der Waals surface area contributed by atoms with Gasteiger partial charge in [-0.2, -0.15) is 0 Å². The summed E-state index contributed by atoms with van der Waals surface area (Å²) in [6.07, 6.45) is 21.9. The van der Waals surface area contributed by atoms with E-state index in [4.69, 9.17) is 0 Å². The summed E-state index contributed by atoms with van der Waals surface area (Å²) < 4.78 is 0. The van der Waals surface area contributed by atoms with Gasteiger partial charge in [-0.05, 0) is 60.1 Å². The van der Waals surface area contributed by atoms with Crippen molar-refractivity contribution in [1.29, 1.82) is 0 Å². The van der Waals surface area contributed by atoms with E-state index in [2.05, 4.69) is 50.3 Å². The third-order valence-electron chi connectivity index (χ3n) is 6.65. The molecule has 0 atom stereocenters. The lowest BCUT2D eigenvalue weighted by molar-refractivity contribution is -0.112. The van der Waals surface area contributed by atoms with Crippen molar-refractivity contribution in [3.63, 3.8) is 0 Å². The molecular weight excluding hydrogens is 364 g/mol. The first-order valence-corrected chi connectivity index (χ1v) is 12.6. The number of fused-ring (bicyclic) bond motifs is 3. The van der Waals surface area contributed by atoms with Gasteiger partial charge in [-0.3, -0.25) is 4.79 Å². The SMILES string of the molecule is CCCCCCCCC1=C(CCCCCCCC)C(=O)C2=Cc3ccccc3C2=C1. The van der Waals surface area contributed by atoms with E-state index in [1.807, 2.05) is 0 Å². The molecule has 2 aliphatic rings. The van der Waals surface area contributed by atoms with Gasteiger partial charge in [0.25, 0.3) is 0 Å². The summed E-state index contributed by atoms with van der Waals surface area (Å²) in [4.78, 5) is 13.5. The number of rotatable bonds is 14. The summed E-state index contributed by atoms with van der Waals surface area (Å²) in [5.74, 6) is 0.304. The van der Waals surface area contributed by atoms with Crippen LogP contribution in [0.3, 0.4) is 0 Å². The highest BCUT2D eigenvalue weighted by Gasteiger charge is 2.30. The quantitative estimate of drug-likeness (QED) is 0.283. The van der Waals surface area contributed by atoms with Crippen LogP contribution in [0, 0.1) is 0 Å². The fourth-order valence-corrected chi connectivity index (χ4v) is 4.83. The van der Waals surface area contributed by atoms with Crippen molar-refractivity contribution in [3.8, 4) is 0 Å². The molecule has 0 radical (unpaired) electrons. The largest absolute Gasteiger partial charge is 0.289 e. The van der Waals surface area contributed by atoms with Gasteiger partial charge in [-0.15, -0.1) is 0 Å². The number of benzene rings is 1. The van der Waals surface area contributed by atoms with Crippen molar-refractivity contribution in [2.75, 3.05) is 0 Å². The first-order valence-electron chi connectivity index (χ1n) is 12.6. The number of hydrogen-bond acceptors (Lipinski definition) is 1. The molecule has 0 aromatic heterocycles. The smallest absolute Gasteiger partial charge is 0.189 e. The predicted molar refractivity (Wildman–Crippen MR) is 130 cm³/mol. The molecular formula is C29H40O. The van der Waals surface area contributed by atoms with Crippen molar-refractivity contribution in [3.05, 3.63) is 58.2 Å². The van der Waals surface area contributed by atoms with E-state index in [-0.39, 0.29) is 0 Å². The van der Waals surface area contributed by atoms with Gasteiger partial charge in [0.1, 0.15) is 0 Å². The van der Waals surface area contributed by atoms with Crippen LogP contribution in [0.15, 0.2) is 47.1 Å². The fraction of sp³-hybridized carbons (Fsp3) is 0.552. The van der Waals surface area contributed by atoms with Gasteiger partial charge in [-0.1, -0.05) is 102 Å². The van der Waals surface area contributed by atoms with Crippen LogP contribution in [-0.2, 0) is 4.79 Å². The monoisotopic (exact) mass is 404 g/mol. The highest BCUT2D eigenvalue weighted by atomic mass is 16.1. The van der Waals surface area contributed by atoms with E-state index in [0.717, 1.165) is 30.4 Å². The predicted octanol–water partition coefficient (Wildman–Crippen LogP) is 8.85. The van der Waals surface area contributed by atoms with E-state index >= 15 is 0 Å². The van der Waals surface area contributed by atoms with Gasteiger partial charge < -0.3 is 0 Å². The Balaban J connectivity index is 1.69. The number of allylic oxidation sites excluding steroid dienone is 5. The average Bonchev–Trinajstić information content (AvgIpc) is 3.13. The minimum atomic E-state index is 0.304. The van der Waals surface area contributed by atoms with E-state index in [9.17, 15) is 4.79 Å². The Hall–Kier alpha value is -1.89. The van der Waals surface area contributed by atoms with Crippen LogP contribution in [0.5, 0.6) is 0 Å². The summed E-state index contributed by atoms with van der Waals surface area (Å²) in [7, 11) is 0. The molecule has 0 amide bonds. The topological polar surface area (TPSA) is 17.1 Å². The second-order valence-electron chi connectivity index (χ2n) is 9.07. The molecule has 162 valence electrons. The molecule has 1 nitrogen and oxygen atoms in total. The van der Waals surface area contributed by atoms with E-state index in [0.29, 0.717) is 5.78 Å². The lowest BCUT2D eigenvalue weighted by Crippen LogP contribution is -2.13. The zero-order valence-electron chi connectivity index (χ0n) is 19.3. The Morgan fingerprint density at radius 2 is 1.23 bits per heavy atom. The maximum absolute atomic E-state index is 13.5. The summed E-state index contributed by atoms with van der Waals surface area (Å²) in [6, 6.07) is 8.46. The number of Topliss-reactive ketones (excluding diaryl/α,β-unsaturated/α-hetero) is 1. The number of unbranched alkanes of at least 4 members (excludes halogenated alkanes) is 10. The second-order valence-corrected chi connectivity index (χ2v) is 9.07. The van der Waals surface area contributed by atoms with Crippen LogP contribution in [-0.4, -0.2) is 5.78 Å². The molecule has 3 rings (SSSR count). The zero-order chi connectivity index (χ0) is 21.2. The van der Waals surface area contributed by atoms with Gasteiger partial charge in [0, 0.05) is 11.1 Å². The molecule has 1 aromatic rings. The molecule has 2 aliphatic carbocycles. The summed E-state index contributed by atoms with van der Waals surface area (Å²) >= 11 is 0. The molecule has 0 unspecified atom stereocenters. The number of hydrogen-bond donors (Lipinski definition) is 0. The molecule has 1 aromatic carbocycles. The van der Waals surface area contributed by atoms with Gasteiger partial charge in [0.2, 0.25) is 0 Å². The minimum Gasteiger partial charge on any atom is -0.289 e. The first kappa shape index (κ1) is 22.8. The van der Waals surface area contributed by atoms with Crippen molar-refractivity contribution < 1.29 is 4.79 Å². The third-order valence-corrected chi connectivity index (χ3v) is 6.65. The standard InChI is InChI=1S/C29H40O/c1-3-5-7-9-11-13-17-24-21-27-25-19-16-15-18-23(25)22-28(27)29(30)26(24)20-14-12-10-8-6-4-2/h15-16,18-19,21-22H,3-14,17,20H2,1-2H3. The fourth-order valence-electron chi connectivity index (χ4n) is 4.83. The van der Waals surface area contributed by atoms with Crippen molar-refractivity contribution in [1.82, 2.24) is 0 Å². The molecule has 0 bridgehead atoms. The Morgan fingerprint density at radius 1 is 0.633 bits per heavy atom. The van der Waals surface area contributed by atoms with Gasteiger partial charge in [0.15, 0.2) is 5.78 Å². The third kappa shape index (κ3) is 5.84. The Bertz CT molecular complexity index is 805. The first-order chi connectivity index (χ1) is 14.8. The maximum Gasteiger partial charge on any atom is 0.189 e. The Kier molecular flexibility index (Phi) is 9.18. The molecule has 1 heteroatoms. The van der Waals surface area contributed by atoms with Gasteiger partial charge in [-0.25, -0.2) is 0 Å². The van der Waals surface area contributed by atoms with Crippen LogP contribution < -0.4 is 0 Å². The molecule has 0 heterocycles. The second kappa shape index (κ2) is 12.1. The van der Waals surface area contributed by atoms with E-state index in [1.165, 1.54) is 92.9 Å².